The van der Waals surface area contributed by atoms with Gasteiger partial charge in [-0.2, -0.15) is 0 Å². The van der Waals surface area contributed by atoms with E-state index in [1.807, 2.05) is 26.0 Å². The van der Waals surface area contributed by atoms with Crippen LogP contribution >= 0.6 is 0 Å². The second-order valence-electron chi connectivity index (χ2n) is 6.35. The van der Waals surface area contributed by atoms with Crippen molar-refractivity contribution >= 4 is 0 Å². The molecule has 0 spiro atoms. The molecule has 1 aliphatic heterocycles. The number of aromatic nitrogens is 1. The third-order valence-corrected chi connectivity index (χ3v) is 4.25. The molecule has 1 aromatic rings. The van der Waals surface area contributed by atoms with Crippen LogP contribution in [-0.2, 0) is 0 Å². The molecule has 0 bridgehead atoms. The number of piperidine rings is 1. The molecule has 1 aromatic heterocycles. The standard InChI is InChI=1S/C17H28N2O2/c1-6-14-11-19(5)13(4)9-16(14)21-17-8-7-15(10-18-17)20-12(2)3/h7-8,10,12-14,16H,6,9,11H2,1-5H3/t13-,14+,16+/m1/s1. The van der Waals surface area contributed by atoms with Crippen LogP contribution in [0, 0.1) is 5.92 Å². The van der Waals surface area contributed by atoms with Crippen LogP contribution in [0.2, 0.25) is 0 Å². The Hall–Kier alpha value is -1.29. The van der Waals surface area contributed by atoms with Crippen LogP contribution in [0.1, 0.15) is 40.5 Å². The van der Waals surface area contributed by atoms with Crippen molar-refractivity contribution in [2.24, 2.45) is 5.92 Å². The van der Waals surface area contributed by atoms with Crippen LogP contribution < -0.4 is 9.47 Å². The minimum Gasteiger partial charge on any atom is -0.489 e. The lowest BCUT2D eigenvalue weighted by Crippen LogP contribution is -2.48. The summed E-state index contributed by atoms with van der Waals surface area (Å²) in [6, 6.07) is 4.40. The van der Waals surface area contributed by atoms with E-state index in [0.717, 1.165) is 25.1 Å². The lowest BCUT2D eigenvalue weighted by atomic mass is 9.89. The summed E-state index contributed by atoms with van der Waals surface area (Å²) in [6.45, 7) is 9.61. The molecule has 0 radical (unpaired) electrons. The number of nitrogens with zero attached hydrogens (tertiary/aromatic N) is 2. The molecular formula is C17H28N2O2. The molecule has 118 valence electrons. The zero-order valence-corrected chi connectivity index (χ0v) is 13.9. The highest BCUT2D eigenvalue weighted by molar-refractivity contribution is 5.23. The average Bonchev–Trinajstić information content (AvgIpc) is 2.44. The van der Waals surface area contributed by atoms with E-state index in [1.165, 1.54) is 0 Å². The minimum absolute atomic E-state index is 0.165. The van der Waals surface area contributed by atoms with Crippen molar-refractivity contribution in [3.05, 3.63) is 18.3 Å². The van der Waals surface area contributed by atoms with Gasteiger partial charge in [0.25, 0.3) is 0 Å². The Balaban J connectivity index is 1.99. The molecular weight excluding hydrogens is 264 g/mol. The smallest absolute Gasteiger partial charge is 0.213 e. The first-order chi connectivity index (χ1) is 9.99. The molecule has 0 saturated carbocycles. The van der Waals surface area contributed by atoms with E-state index in [1.54, 1.807) is 6.20 Å². The molecule has 0 N–H and O–H groups in total. The number of rotatable bonds is 5. The largest absolute Gasteiger partial charge is 0.489 e. The van der Waals surface area contributed by atoms with Gasteiger partial charge in [0.2, 0.25) is 5.88 Å². The maximum atomic E-state index is 6.14. The van der Waals surface area contributed by atoms with Crippen LogP contribution in [0.15, 0.2) is 18.3 Å². The SMILES string of the molecule is CC[C@H]1CN(C)[C@H](C)C[C@@H]1Oc1ccc(OC(C)C)cn1. The van der Waals surface area contributed by atoms with Gasteiger partial charge in [-0.3, -0.25) is 0 Å². The zero-order chi connectivity index (χ0) is 15.4. The van der Waals surface area contributed by atoms with Crippen LogP contribution in [0.3, 0.4) is 0 Å². The molecule has 3 atom stereocenters. The fourth-order valence-corrected chi connectivity index (χ4v) is 2.85. The lowest BCUT2D eigenvalue weighted by molar-refractivity contribution is 0.0217. The summed E-state index contributed by atoms with van der Waals surface area (Å²) in [5.41, 5.74) is 0. The van der Waals surface area contributed by atoms with Crippen molar-refractivity contribution < 1.29 is 9.47 Å². The molecule has 0 amide bonds. The number of hydrogen-bond acceptors (Lipinski definition) is 4. The van der Waals surface area contributed by atoms with Crippen molar-refractivity contribution in [2.75, 3.05) is 13.6 Å². The molecule has 1 saturated heterocycles. The van der Waals surface area contributed by atoms with Crippen molar-refractivity contribution in [3.8, 4) is 11.6 Å². The van der Waals surface area contributed by atoms with Crippen molar-refractivity contribution in [1.29, 1.82) is 0 Å². The minimum atomic E-state index is 0.165. The van der Waals surface area contributed by atoms with E-state index >= 15 is 0 Å². The van der Waals surface area contributed by atoms with Gasteiger partial charge in [-0.05, 0) is 46.7 Å². The Bertz CT molecular complexity index is 433. The lowest BCUT2D eigenvalue weighted by Gasteiger charge is -2.40. The van der Waals surface area contributed by atoms with Crippen LogP contribution in [-0.4, -0.2) is 41.7 Å². The summed E-state index contributed by atoms with van der Waals surface area (Å²) in [5.74, 6) is 2.06. The Labute approximate surface area is 128 Å². The van der Waals surface area contributed by atoms with Gasteiger partial charge in [-0.15, -0.1) is 0 Å². The molecule has 1 aliphatic rings. The van der Waals surface area contributed by atoms with E-state index in [9.17, 15) is 0 Å². The maximum absolute atomic E-state index is 6.14. The van der Waals surface area contributed by atoms with E-state index in [0.29, 0.717) is 17.8 Å². The molecule has 0 unspecified atom stereocenters. The van der Waals surface area contributed by atoms with Gasteiger partial charge in [0.05, 0.1) is 12.3 Å². The van der Waals surface area contributed by atoms with Gasteiger partial charge >= 0.3 is 0 Å². The van der Waals surface area contributed by atoms with E-state index in [-0.39, 0.29) is 12.2 Å². The number of pyridine rings is 1. The Morgan fingerprint density at radius 2 is 2.14 bits per heavy atom. The van der Waals surface area contributed by atoms with Crippen LogP contribution in [0.4, 0.5) is 0 Å². The maximum Gasteiger partial charge on any atom is 0.213 e. The summed E-state index contributed by atoms with van der Waals surface area (Å²) >= 11 is 0. The highest BCUT2D eigenvalue weighted by Gasteiger charge is 2.32. The molecule has 21 heavy (non-hydrogen) atoms. The number of likely N-dealkylation sites (tertiary alicyclic amines) is 1. The van der Waals surface area contributed by atoms with Crippen molar-refractivity contribution in [3.63, 3.8) is 0 Å². The Morgan fingerprint density at radius 3 is 2.71 bits per heavy atom. The molecule has 0 aliphatic carbocycles. The van der Waals surface area contributed by atoms with E-state index < -0.39 is 0 Å². The molecule has 0 aromatic carbocycles. The normalized spacial score (nSPS) is 26.9. The quantitative estimate of drug-likeness (QED) is 0.833. The third-order valence-electron chi connectivity index (χ3n) is 4.25. The third kappa shape index (κ3) is 4.34. The predicted molar refractivity (Wildman–Crippen MR) is 84.9 cm³/mol. The molecule has 2 rings (SSSR count). The molecule has 2 heterocycles. The zero-order valence-electron chi connectivity index (χ0n) is 13.9. The fraction of sp³-hybridized carbons (Fsp3) is 0.706. The van der Waals surface area contributed by atoms with Crippen molar-refractivity contribution in [2.45, 2.75) is 58.8 Å². The van der Waals surface area contributed by atoms with Gasteiger partial charge in [0.1, 0.15) is 11.9 Å². The predicted octanol–water partition coefficient (Wildman–Crippen LogP) is 3.37. The Morgan fingerprint density at radius 1 is 1.38 bits per heavy atom. The average molecular weight is 292 g/mol. The molecule has 1 fully saturated rings. The Kier molecular flexibility index (Phi) is 5.45. The number of ether oxygens (including phenoxy) is 2. The monoisotopic (exact) mass is 292 g/mol. The van der Waals surface area contributed by atoms with E-state index in [2.05, 4.69) is 30.8 Å². The van der Waals surface area contributed by atoms with Gasteiger partial charge in [-0.1, -0.05) is 6.92 Å². The molecule has 4 nitrogen and oxygen atoms in total. The fourth-order valence-electron chi connectivity index (χ4n) is 2.85. The topological polar surface area (TPSA) is 34.6 Å². The summed E-state index contributed by atoms with van der Waals surface area (Å²) < 4.78 is 11.8. The summed E-state index contributed by atoms with van der Waals surface area (Å²) in [6.07, 6.45) is 4.36. The first-order valence-corrected chi connectivity index (χ1v) is 7.99. The number of hydrogen-bond donors (Lipinski definition) is 0. The van der Waals surface area contributed by atoms with Gasteiger partial charge < -0.3 is 14.4 Å². The summed E-state index contributed by atoms with van der Waals surface area (Å²) in [4.78, 5) is 6.80. The van der Waals surface area contributed by atoms with Crippen molar-refractivity contribution in [1.82, 2.24) is 9.88 Å². The highest BCUT2D eigenvalue weighted by Crippen LogP contribution is 2.27. The summed E-state index contributed by atoms with van der Waals surface area (Å²) in [7, 11) is 2.19. The summed E-state index contributed by atoms with van der Waals surface area (Å²) in [5, 5.41) is 0. The van der Waals surface area contributed by atoms with Gasteiger partial charge in [-0.25, -0.2) is 4.98 Å². The second kappa shape index (κ2) is 7.12. The first-order valence-electron chi connectivity index (χ1n) is 7.99. The van der Waals surface area contributed by atoms with Crippen LogP contribution in [0.5, 0.6) is 11.6 Å². The van der Waals surface area contributed by atoms with Gasteiger partial charge in [0.15, 0.2) is 0 Å². The highest BCUT2D eigenvalue weighted by atomic mass is 16.5. The molecule has 4 heteroatoms. The van der Waals surface area contributed by atoms with Gasteiger partial charge in [0, 0.05) is 24.6 Å². The second-order valence-corrected chi connectivity index (χ2v) is 6.35. The van der Waals surface area contributed by atoms with E-state index in [4.69, 9.17) is 9.47 Å². The van der Waals surface area contributed by atoms with Crippen LogP contribution in [0.25, 0.3) is 0 Å². The first kappa shape index (κ1) is 16.1.